The van der Waals surface area contributed by atoms with Crippen LogP contribution in [0.15, 0.2) is 0 Å². The van der Waals surface area contributed by atoms with Gasteiger partial charge in [0.15, 0.2) is 0 Å². The van der Waals surface area contributed by atoms with Crippen LogP contribution in [0.5, 0.6) is 0 Å². The number of hydrogen-bond donors (Lipinski definition) is 0. The van der Waals surface area contributed by atoms with E-state index in [1.54, 1.807) is 0 Å². The van der Waals surface area contributed by atoms with Gasteiger partial charge in [-0.3, -0.25) is 0 Å². The van der Waals surface area contributed by atoms with Crippen LogP contribution < -0.4 is 15.3 Å². The fourth-order valence-corrected chi connectivity index (χ4v) is 7.92. The molecule has 0 aliphatic carbocycles. The molecule has 0 spiro atoms. The third-order valence-electron chi connectivity index (χ3n) is 12.0. The van der Waals surface area contributed by atoms with E-state index >= 15 is 0 Å². The normalized spacial score (nSPS) is 10.8. The molecular weight excluding hydrogens is 828 g/mol. The van der Waals surface area contributed by atoms with Crippen molar-refractivity contribution in [3.63, 3.8) is 0 Å². The second-order valence-corrected chi connectivity index (χ2v) is 21.2. The van der Waals surface area contributed by atoms with Crippen LogP contribution in [-0.2, 0) is 34.8 Å². The van der Waals surface area contributed by atoms with Crippen molar-refractivity contribution in [2.45, 2.75) is 347 Å². The number of aliphatic carboxylic acids is 3. The maximum absolute atomic E-state index is 10.2. The molecule has 64 heavy (non-hydrogen) atoms. The van der Waals surface area contributed by atoms with E-state index in [2.05, 4.69) is 55.1 Å². The number of hydrogen-bond acceptors (Lipinski definition) is 6. The molecular formula is C57H112O6Ti. The Morgan fingerprint density at radius 1 is 0.266 bits per heavy atom. The molecule has 380 valence electrons. The first-order chi connectivity index (χ1) is 31.0. The predicted octanol–water partition coefficient (Wildman–Crippen LogP) is 16.4. The number of carbonyl (C=O) groups is 3. The van der Waals surface area contributed by atoms with Crippen LogP contribution in [0.1, 0.15) is 343 Å². The zero-order chi connectivity index (χ0) is 48.3. The van der Waals surface area contributed by atoms with Gasteiger partial charge in [0.05, 0.1) is 0 Å². The van der Waals surface area contributed by atoms with Crippen molar-refractivity contribution in [2.24, 2.45) is 0 Å². The summed E-state index contributed by atoms with van der Waals surface area (Å²) in [6.07, 6.45) is 59.6. The van der Waals surface area contributed by atoms with Crippen LogP contribution >= 0.6 is 0 Å². The minimum absolute atomic E-state index is 0.234. The molecule has 0 fully saturated rings. The second-order valence-electron chi connectivity index (χ2n) is 19.4. The van der Waals surface area contributed by atoms with Crippen molar-refractivity contribution in [1.29, 1.82) is 0 Å². The molecule has 0 atom stereocenters. The summed E-state index contributed by atoms with van der Waals surface area (Å²) in [6.45, 7) is 11.1. The van der Waals surface area contributed by atoms with E-state index in [9.17, 15) is 29.7 Å². The van der Waals surface area contributed by atoms with Crippen molar-refractivity contribution in [3.05, 3.63) is 0 Å². The van der Waals surface area contributed by atoms with Crippen molar-refractivity contribution in [1.82, 2.24) is 0 Å². The van der Waals surface area contributed by atoms with Gasteiger partial charge in [0.2, 0.25) is 0 Å². The predicted molar refractivity (Wildman–Crippen MR) is 269 cm³/mol. The molecule has 0 radical (unpaired) electrons. The number of carboxylic acids is 3. The topological polar surface area (TPSA) is 120 Å². The van der Waals surface area contributed by atoms with Gasteiger partial charge < -0.3 is 29.7 Å². The van der Waals surface area contributed by atoms with Gasteiger partial charge in [-0.1, -0.05) is 290 Å². The zero-order valence-electron chi connectivity index (χ0n) is 44.0. The van der Waals surface area contributed by atoms with E-state index in [1.165, 1.54) is 250 Å². The molecule has 0 rings (SSSR count). The number of rotatable bonds is 48. The average molecular weight is 941 g/mol. The molecule has 0 saturated heterocycles. The van der Waals surface area contributed by atoms with Gasteiger partial charge in [0.1, 0.15) is 0 Å². The van der Waals surface area contributed by atoms with Crippen LogP contribution in [-0.4, -0.2) is 17.9 Å². The van der Waals surface area contributed by atoms with E-state index in [0.29, 0.717) is 0 Å². The number of carboxylic acid groups (broad SMARTS) is 3. The van der Waals surface area contributed by atoms with Crippen molar-refractivity contribution >= 4 is 17.9 Å². The summed E-state index contributed by atoms with van der Waals surface area (Å²) in [5, 5.41) is 30.7. The van der Waals surface area contributed by atoms with Gasteiger partial charge >= 0.3 is 38.5 Å². The van der Waals surface area contributed by atoms with Crippen molar-refractivity contribution in [2.75, 3.05) is 0 Å². The molecule has 7 heteroatoms. The number of unbranched alkanes of at least 4 members (excludes halogenated alkanes) is 42. The summed E-state index contributed by atoms with van der Waals surface area (Å²) in [7, 11) is 0. The molecule has 0 aromatic rings. The maximum atomic E-state index is 10.2. The summed E-state index contributed by atoms with van der Waals surface area (Å²) in [6, 6.07) is 0. The van der Waals surface area contributed by atoms with Crippen LogP contribution in [0.3, 0.4) is 0 Å². The fraction of sp³-hybridized carbons (Fsp3) is 0.947. The Hall–Kier alpha value is -0.876. The van der Waals surface area contributed by atoms with Crippen LogP contribution in [0.4, 0.5) is 0 Å². The molecule has 0 unspecified atom stereocenters. The standard InChI is InChI=1S/3C18H36O2.C3H7.Ti/c3*1-2-3-4-5-6-7-8-9-10-11-12-13-14-15-16-17-18(19)20;1-3-2;/h3*2-17H2,1H3,(H,19,20);3H,1-2H3;/q;;;;+3/p-3. The molecule has 0 aliphatic heterocycles. The Bertz CT molecular complexity index is 758. The molecule has 6 nitrogen and oxygen atoms in total. The zero-order valence-corrected chi connectivity index (χ0v) is 45.5. The fourth-order valence-electron chi connectivity index (χ4n) is 7.92. The Kier molecular flexibility index (Phi) is 72.3. The second kappa shape index (κ2) is 66.4. The van der Waals surface area contributed by atoms with Crippen LogP contribution in [0.2, 0.25) is 4.22 Å². The third kappa shape index (κ3) is 87.9. The minimum atomic E-state index is -0.903. The van der Waals surface area contributed by atoms with Crippen LogP contribution in [0, 0.1) is 0 Å². The van der Waals surface area contributed by atoms with Gasteiger partial charge in [0.25, 0.3) is 0 Å². The SMILES string of the molecule is CCCCCCCCCCCCCCCCCC(=O)[O-].CCCCCCCCCCCCCCCCCC(=O)[O-].CCCCCCCCCCCCCCCCCC(=O)[O-].C[CH](C)[Ti+3]. The number of carbonyl (C=O) groups excluding carboxylic acids is 3. The first-order valence-electron chi connectivity index (χ1n) is 28.4. The van der Waals surface area contributed by atoms with Crippen molar-refractivity contribution in [3.8, 4) is 0 Å². The summed E-state index contributed by atoms with van der Waals surface area (Å²) in [4.78, 5) is 30.7. The molecule has 0 aliphatic rings. The Morgan fingerprint density at radius 2 is 0.359 bits per heavy atom. The first-order valence-corrected chi connectivity index (χ1v) is 29.3. The molecule has 0 amide bonds. The summed E-state index contributed by atoms with van der Waals surface area (Å²) < 4.78 is 0.833. The summed E-state index contributed by atoms with van der Waals surface area (Å²) in [5.41, 5.74) is 0. The van der Waals surface area contributed by atoms with E-state index < -0.39 is 17.9 Å². The van der Waals surface area contributed by atoms with Gasteiger partial charge in [-0.2, -0.15) is 0 Å². The van der Waals surface area contributed by atoms with E-state index in [-0.39, 0.29) is 19.3 Å². The molecule has 0 aromatic carbocycles. The monoisotopic (exact) mass is 941 g/mol. The quantitative estimate of drug-likeness (QED) is 0.0442. The molecule has 0 saturated carbocycles. The summed E-state index contributed by atoms with van der Waals surface area (Å²) >= 11 is 2.17. The molecule has 0 bridgehead atoms. The van der Waals surface area contributed by atoms with E-state index in [4.69, 9.17) is 0 Å². The van der Waals surface area contributed by atoms with Gasteiger partial charge in [0, 0.05) is 17.9 Å². The Labute approximate surface area is 413 Å². The molecule has 0 heterocycles. The molecule has 0 aromatic heterocycles. The first kappa shape index (κ1) is 69.7. The van der Waals surface area contributed by atoms with Gasteiger partial charge in [-0.05, 0) is 38.5 Å². The van der Waals surface area contributed by atoms with E-state index in [0.717, 1.165) is 42.7 Å². The third-order valence-corrected chi connectivity index (χ3v) is 12.0. The van der Waals surface area contributed by atoms with Crippen molar-refractivity contribution < 1.29 is 50.1 Å². The van der Waals surface area contributed by atoms with Crippen LogP contribution in [0.25, 0.3) is 0 Å². The van der Waals surface area contributed by atoms with Gasteiger partial charge in [-0.25, -0.2) is 0 Å². The average Bonchev–Trinajstić information content (AvgIpc) is 3.25. The molecule has 0 N–H and O–H groups in total. The van der Waals surface area contributed by atoms with E-state index in [1.807, 2.05) is 0 Å². The summed E-state index contributed by atoms with van der Waals surface area (Å²) in [5.74, 6) is -2.71. The Morgan fingerprint density at radius 3 is 0.453 bits per heavy atom. The Balaban J connectivity index is -0.000000404. The van der Waals surface area contributed by atoms with Gasteiger partial charge in [-0.15, -0.1) is 0 Å².